The Morgan fingerprint density at radius 3 is 2.62 bits per heavy atom. The summed E-state index contributed by atoms with van der Waals surface area (Å²) in [6.45, 7) is 6.72. The van der Waals surface area contributed by atoms with Gasteiger partial charge in [0, 0.05) is 15.8 Å². The van der Waals surface area contributed by atoms with E-state index in [9.17, 15) is 9.59 Å². The number of ether oxygens (including phenoxy) is 1. The molecule has 7 heteroatoms. The molecule has 0 radical (unpaired) electrons. The largest absolute Gasteiger partial charge is 0.494 e. The van der Waals surface area contributed by atoms with E-state index in [0.717, 1.165) is 63.9 Å². The monoisotopic (exact) mass is 513 g/mol. The van der Waals surface area contributed by atoms with Crippen LogP contribution in [0.15, 0.2) is 48.5 Å². The molecule has 5 rings (SSSR count). The molecule has 2 aromatic heterocycles. The van der Waals surface area contributed by atoms with Crippen molar-refractivity contribution in [1.82, 2.24) is 4.98 Å². The standard InChI is InChI=1S/C30H31N3O3S/c1-4-18-7-12-21-26(15-18)37-30(27(21)28(31)34)33-29(35)23-16-25(19-8-10-20(11-9-19)36-5-2)32-24-13-6-17(3)14-22(23)24/h6,8-11,13-14,16,18H,4-5,7,12,15H2,1-3H3,(H2,31,34)(H,33,35). The van der Waals surface area contributed by atoms with Gasteiger partial charge in [0.05, 0.1) is 28.9 Å². The second-order valence-electron chi connectivity index (χ2n) is 9.58. The first-order chi connectivity index (χ1) is 17.9. The molecule has 4 aromatic rings. The number of pyridine rings is 1. The number of thiophene rings is 1. The first kappa shape index (κ1) is 25.0. The lowest BCUT2D eigenvalue weighted by molar-refractivity contribution is 0.1000. The third kappa shape index (κ3) is 4.96. The number of aryl methyl sites for hydroxylation is 1. The number of nitrogens with zero attached hydrogens (tertiary/aromatic N) is 1. The first-order valence-corrected chi connectivity index (χ1v) is 13.6. The molecule has 0 saturated heterocycles. The molecule has 1 aliphatic carbocycles. The van der Waals surface area contributed by atoms with Crippen molar-refractivity contribution in [2.24, 2.45) is 11.7 Å². The summed E-state index contributed by atoms with van der Waals surface area (Å²) >= 11 is 1.49. The SMILES string of the molecule is CCOc1ccc(-c2cc(C(=O)Nc3sc4c(c3C(N)=O)CCC(CC)C4)c3cc(C)ccc3n2)cc1. The summed E-state index contributed by atoms with van der Waals surface area (Å²) in [5, 5.41) is 4.35. The second-order valence-corrected chi connectivity index (χ2v) is 10.7. The molecule has 190 valence electrons. The molecule has 2 amide bonds. The highest BCUT2D eigenvalue weighted by molar-refractivity contribution is 7.17. The van der Waals surface area contributed by atoms with Gasteiger partial charge in [0.2, 0.25) is 0 Å². The number of carbonyl (C=O) groups excluding carboxylic acids is 2. The van der Waals surface area contributed by atoms with E-state index in [-0.39, 0.29) is 5.91 Å². The summed E-state index contributed by atoms with van der Waals surface area (Å²) in [5.41, 5.74) is 11.1. The Morgan fingerprint density at radius 1 is 1.14 bits per heavy atom. The van der Waals surface area contributed by atoms with Crippen molar-refractivity contribution < 1.29 is 14.3 Å². The predicted molar refractivity (Wildman–Crippen MR) is 150 cm³/mol. The van der Waals surface area contributed by atoms with Crippen LogP contribution in [-0.4, -0.2) is 23.4 Å². The van der Waals surface area contributed by atoms with Crippen molar-refractivity contribution >= 4 is 39.1 Å². The number of aromatic nitrogens is 1. The lowest BCUT2D eigenvalue weighted by Crippen LogP contribution is -2.20. The van der Waals surface area contributed by atoms with Crippen LogP contribution < -0.4 is 15.8 Å². The van der Waals surface area contributed by atoms with Crippen LogP contribution in [0.25, 0.3) is 22.2 Å². The van der Waals surface area contributed by atoms with Crippen LogP contribution in [0.4, 0.5) is 5.00 Å². The fourth-order valence-electron chi connectivity index (χ4n) is 5.09. The quantitative estimate of drug-likeness (QED) is 0.293. The van der Waals surface area contributed by atoms with E-state index in [1.54, 1.807) is 0 Å². The van der Waals surface area contributed by atoms with E-state index < -0.39 is 5.91 Å². The van der Waals surface area contributed by atoms with Crippen molar-refractivity contribution in [3.05, 3.63) is 75.7 Å². The van der Waals surface area contributed by atoms with Gasteiger partial charge in [-0.3, -0.25) is 9.59 Å². The Morgan fingerprint density at radius 2 is 1.92 bits per heavy atom. The van der Waals surface area contributed by atoms with Gasteiger partial charge in [0.15, 0.2) is 0 Å². The van der Waals surface area contributed by atoms with Gasteiger partial charge in [-0.25, -0.2) is 4.98 Å². The topological polar surface area (TPSA) is 94.3 Å². The number of nitrogens with one attached hydrogen (secondary N) is 1. The summed E-state index contributed by atoms with van der Waals surface area (Å²) in [6.07, 6.45) is 3.87. The molecule has 1 atom stereocenters. The van der Waals surface area contributed by atoms with Gasteiger partial charge in [-0.05, 0) is 87.1 Å². The maximum Gasteiger partial charge on any atom is 0.257 e. The normalized spacial score (nSPS) is 14.8. The molecule has 0 spiro atoms. The average molecular weight is 514 g/mol. The minimum atomic E-state index is -0.492. The number of rotatable bonds is 7. The molecule has 1 unspecified atom stereocenters. The number of fused-ring (bicyclic) bond motifs is 2. The average Bonchev–Trinajstić information content (AvgIpc) is 3.25. The molecular formula is C30H31N3O3S. The van der Waals surface area contributed by atoms with Gasteiger partial charge >= 0.3 is 0 Å². The highest BCUT2D eigenvalue weighted by Crippen LogP contribution is 2.40. The van der Waals surface area contributed by atoms with Crippen LogP contribution in [0.5, 0.6) is 5.75 Å². The van der Waals surface area contributed by atoms with E-state index in [4.69, 9.17) is 15.5 Å². The van der Waals surface area contributed by atoms with Gasteiger partial charge < -0.3 is 15.8 Å². The molecule has 0 fully saturated rings. The van der Waals surface area contributed by atoms with Gasteiger partial charge in [-0.2, -0.15) is 0 Å². The van der Waals surface area contributed by atoms with Crippen LogP contribution in [0.2, 0.25) is 0 Å². The molecule has 3 N–H and O–H groups in total. The Bertz CT molecular complexity index is 1490. The third-order valence-electron chi connectivity index (χ3n) is 7.09. The Balaban J connectivity index is 1.56. The van der Waals surface area contributed by atoms with Crippen LogP contribution in [0.1, 0.15) is 63.4 Å². The van der Waals surface area contributed by atoms with E-state index in [2.05, 4.69) is 12.2 Å². The summed E-state index contributed by atoms with van der Waals surface area (Å²) in [5.74, 6) is 0.609. The smallest absolute Gasteiger partial charge is 0.257 e. The summed E-state index contributed by atoms with van der Waals surface area (Å²) < 4.78 is 5.57. The zero-order valence-electron chi connectivity index (χ0n) is 21.4. The number of amides is 2. The van der Waals surface area contributed by atoms with E-state index in [1.165, 1.54) is 11.3 Å². The highest BCUT2D eigenvalue weighted by Gasteiger charge is 2.28. The number of hydrogen-bond donors (Lipinski definition) is 2. The third-order valence-corrected chi connectivity index (χ3v) is 8.26. The molecular weight excluding hydrogens is 482 g/mol. The number of primary amides is 1. The van der Waals surface area contributed by atoms with Crippen LogP contribution >= 0.6 is 11.3 Å². The molecule has 0 bridgehead atoms. The Hall–Kier alpha value is -3.71. The Kier molecular flexibility index (Phi) is 6.98. The number of nitrogens with two attached hydrogens (primary N) is 1. The van der Waals surface area contributed by atoms with Gasteiger partial charge in [0.25, 0.3) is 11.8 Å². The number of anilines is 1. The zero-order chi connectivity index (χ0) is 26.1. The fourth-order valence-corrected chi connectivity index (χ4v) is 6.45. The second kappa shape index (κ2) is 10.3. The highest BCUT2D eigenvalue weighted by atomic mass is 32.1. The van der Waals surface area contributed by atoms with Crippen molar-refractivity contribution in [2.45, 2.75) is 46.5 Å². The lowest BCUT2D eigenvalue weighted by Gasteiger charge is -2.20. The van der Waals surface area contributed by atoms with Crippen LogP contribution in [0, 0.1) is 12.8 Å². The van der Waals surface area contributed by atoms with E-state index in [0.29, 0.717) is 34.3 Å². The minimum absolute atomic E-state index is 0.279. The summed E-state index contributed by atoms with van der Waals surface area (Å²) in [4.78, 5) is 32.2. The van der Waals surface area contributed by atoms with Crippen molar-refractivity contribution in [2.75, 3.05) is 11.9 Å². The Labute approximate surface area is 220 Å². The van der Waals surface area contributed by atoms with Gasteiger partial charge in [-0.15, -0.1) is 11.3 Å². The molecule has 1 aliphatic rings. The van der Waals surface area contributed by atoms with Crippen molar-refractivity contribution in [1.29, 1.82) is 0 Å². The first-order valence-electron chi connectivity index (χ1n) is 12.8. The molecule has 0 saturated carbocycles. The summed E-state index contributed by atoms with van der Waals surface area (Å²) in [6, 6.07) is 15.4. The van der Waals surface area contributed by atoms with Gasteiger partial charge in [0.1, 0.15) is 10.8 Å². The van der Waals surface area contributed by atoms with Crippen molar-refractivity contribution in [3.63, 3.8) is 0 Å². The van der Waals surface area contributed by atoms with E-state index >= 15 is 0 Å². The molecule has 2 heterocycles. The van der Waals surface area contributed by atoms with Crippen molar-refractivity contribution in [3.8, 4) is 17.0 Å². The van der Waals surface area contributed by atoms with Crippen LogP contribution in [0.3, 0.4) is 0 Å². The maximum atomic E-state index is 13.8. The molecule has 37 heavy (non-hydrogen) atoms. The number of benzene rings is 2. The van der Waals surface area contributed by atoms with E-state index in [1.807, 2.05) is 62.4 Å². The summed E-state index contributed by atoms with van der Waals surface area (Å²) in [7, 11) is 0. The van der Waals surface area contributed by atoms with Gasteiger partial charge in [-0.1, -0.05) is 25.0 Å². The predicted octanol–water partition coefficient (Wildman–Crippen LogP) is 6.54. The number of carbonyl (C=O) groups is 2. The lowest BCUT2D eigenvalue weighted by atomic mass is 9.85. The molecule has 2 aromatic carbocycles. The maximum absolute atomic E-state index is 13.8. The minimum Gasteiger partial charge on any atom is -0.494 e. The number of hydrogen-bond acceptors (Lipinski definition) is 5. The molecule has 0 aliphatic heterocycles. The molecule has 6 nitrogen and oxygen atoms in total. The zero-order valence-corrected chi connectivity index (χ0v) is 22.2. The fraction of sp³-hybridized carbons (Fsp3) is 0.300. The van der Waals surface area contributed by atoms with Crippen LogP contribution in [-0.2, 0) is 12.8 Å².